The third kappa shape index (κ3) is 1.47. The molecule has 0 aromatic heterocycles. The molecule has 2 heteroatoms. The lowest BCUT2D eigenvalue weighted by molar-refractivity contribution is 0.457. The Kier molecular flexibility index (Phi) is 2.21. The van der Waals surface area contributed by atoms with Crippen molar-refractivity contribution in [2.75, 3.05) is 0 Å². The highest BCUT2D eigenvalue weighted by Gasteiger charge is 2.65. The van der Waals surface area contributed by atoms with Gasteiger partial charge < -0.3 is 5.73 Å². The van der Waals surface area contributed by atoms with Gasteiger partial charge >= 0.3 is 0 Å². The second kappa shape index (κ2) is 2.73. The first kappa shape index (κ1) is 10.6. The van der Waals surface area contributed by atoms with E-state index in [0.29, 0.717) is 22.8 Å². The Balaban J connectivity index is 2.75. The zero-order chi connectivity index (χ0) is 10.4. The Morgan fingerprint density at radius 2 is 1.54 bits per heavy atom. The van der Waals surface area contributed by atoms with E-state index in [0.717, 1.165) is 5.84 Å². The van der Waals surface area contributed by atoms with E-state index in [1.54, 1.807) is 0 Å². The number of nitrogens with two attached hydrogens (primary N) is 1. The molecule has 1 rings (SSSR count). The molecule has 0 atom stereocenters. The van der Waals surface area contributed by atoms with Crippen LogP contribution >= 0.6 is 0 Å². The maximum absolute atomic E-state index is 5.85. The monoisotopic (exact) mass is 182 g/mol. The van der Waals surface area contributed by atoms with Crippen LogP contribution in [0.4, 0.5) is 0 Å². The second-order valence-electron chi connectivity index (χ2n) is 5.55. The number of hydrogen-bond donors (Lipinski definition) is 1. The summed E-state index contributed by atoms with van der Waals surface area (Å²) in [6, 6.07) is 0.405. The molecular weight excluding hydrogens is 160 g/mol. The fraction of sp³-hybridized carbons (Fsp3) is 0.909. The van der Waals surface area contributed by atoms with E-state index >= 15 is 0 Å². The highest BCUT2D eigenvalue weighted by Crippen LogP contribution is 2.64. The van der Waals surface area contributed by atoms with Crippen molar-refractivity contribution in [3.8, 4) is 0 Å². The third-order valence-electron chi connectivity index (χ3n) is 3.81. The topological polar surface area (TPSA) is 38.4 Å². The molecule has 13 heavy (non-hydrogen) atoms. The number of nitrogens with zero attached hydrogens (tertiary/aromatic N) is 1. The van der Waals surface area contributed by atoms with Crippen LogP contribution in [0.5, 0.6) is 0 Å². The number of hydrogen-bond acceptors (Lipinski definition) is 1. The average molecular weight is 182 g/mol. The van der Waals surface area contributed by atoms with Gasteiger partial charge in [-0.25, -0.2) is 0 Å². The van der Waals surface area contributed by atoms with Crippen LogP contribution in [0.25, 0.3) is 0 Å². The molecule has 0 unspecified atom stereocenters. The Morgan fingerprint density at radius 3 is 1.77 bits per heavy atom. The van der Waals surface area contributed by atoms with Crippen LogP contribution in [0.15, 0.2) is 4.99 Å². The fourth-order valence-electron chi connectivity index (χ4n) is 1.78. The third-order valence-corrected chi connectivity index (χ3v) is 3.81. The lowest BCUT2D eigenvalue weighted by Gasteiger charge is -2.04. The molecule has 0 aliphatic heterocycles. The van der Waals surface area contributed by atoms with Gasteiger partial charge in [0, 0.05) is 5.92 Å². The summed E-state index contributed by atoms with van der Waals surface area (Å²) in [5.41, 5.74) is 6.47. The molecule has 0 saturated heterocycles. The molecule has 0 spiro atoms. The van der Waals surface area contributed by atoms with Crippen molar-refractivity contribution in [3.63, 3.8) is 0 Å². The molecule has 1 aliphatic carbocycles. The van der Waals surface area contributed by atoms with Gasteiger partial charge in [-0.3, -0.25) is 4.99 Å². The maximum atomic E-state index is 5.85. The lowest BCUT2D eigenvalue weighted by atomic mass is 10.0. The van der Waals surface area contributed by atoms with Crippen LogP contribution in [0.2, 0.25) is 0 Å². The predicted molar refractivity (Wildman–Crippen MR) is 57.8 cm³/mol. The van der Waals surface area contributed by atoms with E-state index in [1.807, 2.05) is 0 Å². The molecule has 0 amide bonds. The highest BCUT2D eigenvalue weighted by atomic mass is 15.0. The van der Waals surface area contributed by atoms with E-state index in [2.05, 4.69) is 46.5 Å². The molecule has 0 aromatic carbocycles. The Labute approximate surface area is 81.6 Å². The van der Waals surface area contributed by atoms with Crippen LogP contribution in [0.1, 0.15) is 41.5 Å². The van der Waals surface area contributed by atoms with Gasteiger partial charge in [0.25, 0.3) is 0 Å². The van der Waals surface area contributed by atoms with Gasteiger partial charge in [-0.2, -0.15) is 0 Å². The van der Waals surface area contributed by atoms with Crippen molar-refractivity contribution in [2.24, 2.45) is 27.5 Å². The molecular formula is C11H22N2. The lowest BCUT2D eigenvalue weighted by Crippen LogP contribution is -2.20. The Hall–Kier alpha value is -0.530. The largest absolute Gasteiger partial charge is 0.387 e. The predicted octanol–water partition coefficient (Wildman–Crippen LogP) is 2.43. The molecule has 2 nitrogen and oxygen atoms in total. The van der Waals surface area contributed by atoms with Gasteiger partial charge in [0.1, 0.15) is 0 Å². The zero-order valence-electron chi connectivity index (χ0n) is 9.68. The van der Waals surface area contributed by atoms with Gasteiger partial charge in [-0.05, 0) is 10.8 Å². The Morgan fingerprint density at radius 1 is 1.15 bits per heavy atom. The minimum atomic E-state index is 0.312. The summed E-state index contributed by atoms with van der Waals surface area (Å²) in [5, 5.41) is 0. The van der Waals surface area contributed by atoms with Crippen molar-refractivity contribution in [3.05, 3.63) is 0 Å². The van der Waals surface area contributed by atoms with E-state index in [4.69, 9.17) is 5.73 Å². The normalized spacial score (nSPS) is 26.5. The van der Waals surface area contributed by atoms with Crippen molar-refractivity contribution in [1.29, 1.82) is 0 Å². The SMILES string of the molecule is CC(C)C(N)=NC1C(C)(C)C1(C)C. The van der Waals surface area contributed by atoms with Crippen molar-refractivity contribution in [2.45, 2.75) is 47.6 Å². The summed E-state index contributed by atoms with van der Waals surface area (Å²) in [6.07, 6.45) is 0. The van der Waals surface area contributed by atoms with E-state index in [1.165, 1.54) is 0 Å². The first-order valence-corrected chi connectivity index (χ1v) is 5.04. The quantitative estimate of drug-likeness (QED) is 0.517. The van der Waals surface area contributed by atoms with Crippen molar-refractivity contribution >= 4 is 5.84 Å². The summed E-state index contributed by atoms with van der Waals surface area (Å²) in [6.45, 7) is 13.2. The maximum Gasteiger partial charge on any atom is 0.0966 e. The molecule has 0 heterocycles. The second-order valence-corrected chi connectivity index (χ2v) is 5.55. The van der Waals surface area contributed by atoms with Gasteiger partial charge in [0.2, 0.25) is 0 Å². The standard InChI is InChI=1S/C11H22N2/c1-7(2)8(12)13-9-10(3,4)11(9,5)6/h7,9H,1-6H3,(H2,12,13). The van der Waals surface area contributed by atoms with Crippen molar-refractivity contribution in [1.82, 2.24) is 0 Å². The minimum Gasteiger partial charge on any atom is -0.387 e. The smallest absolute Gasteiger partial charge is 0.0966 e. The first-order valence-electron chi connectivity index (χ1n) is 5.04. The van der Waals surface area contributed by atoms with E-state index < -0.39 is 0 Å². The van der Waals surface area contributed by atoms with Gasteiger partial charge in [-0.1, -0.05) is 41.5 Å². The molecule has 0 radical (unpaired) electrons. The molecule has 1 fully saturated rings. The highest BCUT2D eigenvalue weighted by molar-refractivity contribution is 5.82. The van der Waals surface area contributed by atoms with Crippen molar-refractivity contribution < 1.29 is 0 Å². The molecule has 1 saturated carbocycles. The van der Waals surface area contributed by atoms with Gasteiger partial charge in [0.05, 0.1) is 11.9 Å². The van der Waals surface area contributed by atoms with Gasteiger partial charge in [-0.15, -0.1) is 0 Å². The molecule has 0 aromatic rings. The molecule has 2 N–H and O–H groups in total. The van der Waals surface area contributed by atoms with Gasteiger partial charge in [0.15, 0.2) is 0 Å². The number of rotatable bonds is 2. The van der Waals surface area contributed by atoms with Crippen LogP contribution in [-0.4, -0.2) is 11.9 Å². The van der Waals surface area contributed by atoms with E-state index in [9.17, 15) is 0 Å². The number of amidine groups is 1. The summed E-state index contributed by atoms with van der Waals surface area (Å²) < 4.78 is 0. The summed E-state index contributed by atoms with van der Waals surface area (Å²) >= 11 is 0. The Bertz CT molecular complexity index is 222. The van der Waals surface area contributed by atoms with Crippen LogP contribution in [0, 0.1) is 16.7 Å². The molecule has 76 valence electrons. The first-order chi connectivity index (χ1) is 5.71. The van der Waals surface area contributed by atoms with Crippen LogP contribution in [-0.2, 0) is 0 Å². The summed E-state index contributed by atoms with van der Waals surface area (Å²) in [5.74, 6) is 1.16. The summed E-state index contributed by atoms with van der Waals surface area (Å²) in [7, 11) is 0. The summed E-state index contributed by atoms with van der Waals surface area (Å²) in [4.78, 5) is 4.59. The molecule has 1 aliphatic rings. The minimum absolute atomic E-state index is 0.312. The zero-order valence-corrected chi connectivity index (χ0v) is 9.68. The van der Waals surface area contributed by atoms with E-state index in [-0.39, 0.29) is 0 Å². The average Bonchev–Trinajstić information content (AvgIpc) is 2.32. The molecule has 0 bridgehead atoms. The number of aliphatic imine (C=N–C) groups is 1. The fourth-order valence-corrected chi connectivity index (χ4v) is 1.78. The van der Waals surface area contributed by atoms with Crippen LogP contribution in [0.3, 0.4) is 0 Å². The van der Waals surface area contributed by atoms with Crippen LogP contribution < -0.4 is 5.73 Å².